The van der Waals surface area contributed by atoms with Crippen molar-refractivity contribution < 1.29 is 13.6 Å². The summed E-state index contributed by atoms with van der Waals surface area (Å²) in [7, 11) is 0. The molecule has 0 atom stereocenters. The Morgan fingerprint density at radius 1 is 1.00 bits per heavy atom. The summed E-state index contributed by atoms with van der Waals surface area (Å²) < 4.78 is 25.7. The van der Waals surface area contributed by atoms with Crippen LogP contribution >= 0.6 is 11.8 Å². The van der Waals surface area contributed by atoms with Gasteiger partial charge in [0.05, 0.1) is 0 Å². The van der Waals surface area contributed by atoms with Crippen LogP contribution in [0.3, 0.4) is 0 Å². The average Bonchev–Trinajstić information content (AvgIpc) is 2.41. The molecule has 18 heavy (non-hydrogen) atoms. The molecule has 0 saturated carbocycles. The minimum Gasteiger partial charge on any atom is -0.298 e. The van der Waals surface area contributed by atoms with Gasteiger partial charge in [-0.3, -0.25) is 4.79 Å². The Bertz CT molecular complexity index is 552. The molecule has 0 radical (unpaired) electrons. The van der Waals surface area contributed by atoms with E-state index in [-0.39, 0.29) is 0 Å². The van der Waals surface area contributed by atoms with Gasteiger partial charge in [0.25, 0.3) is 0 Å². The monoisotopic (exact) mass is 264 g/mol. The molecule has 2 aromatic carbocycles. The largest absolute Gasteiger partial charge is 0.298 e. The first-order valence-electron chi connectivity index (χ1n) is 5.31. The normalized spacial score (nSPS) is 10.3. The second-order valence-corrected chi connectivity index (χ2v) is 4.77. The summed E-state index contributed by atoms with van der Waals surface area (Å²) >= 11 is 1.50. The van der Waals surface area contributed by atoms with E-state index < -0.39 is 11.6 Å². The van der Waals surface area contributed by atoms with E-state index in [0.29, 0.717) is 11.3 Å². The number of hydrogen-bond acceptors (Lipinski definition) is 2. The van der Waals surface area contributed by atoms with Gasteiger partial charge >= 0.3 is 0 Å². The minimum absolute atomic E-state index is 0.553. The van der Waals surface area contributed by atoms with Gasteiger partial charge in [0, 0.05) is 16.2 Å². The zero-order valence-corrected chi connectivity index (χ0v) is 10.2. The van der Waals surface area contributed by atoms with Crippen LogP contribution in [0.15, 0.2) is 47.4 Å². The van der Waals surface area contributed by atoms with E-state index in [1.54, 1.807) is 18.2 Å². The summed E-state index contributed by atoms with van der Waals surface area (Å²) in [4.78, 5) is 11.5. The highest BCUT2D eigenvalue weighted by Crippen LogP contribution is 2.23. The van der Waals surface area contributed by atoms with Crippen LogP contribution in [-0.2, 0) is 5.75 Å². The van der Waals surface area contributed by atoms with Crippen LogP contribution in [0.4, 0.5) is 8.78 Å². The number of carbonyl (C=O) groups is 1. The van der Waals surface area contributed by atoms with Crippen molar-refractivity contribution in [2.45, 2.75) is 10.6 Å². The molecule has 0 spiro atoms. The number of aldehydes is 1. The molecule has 0 aromatic heterocycles. The fraction of sp³-hybridized carbons (Fsp3) is 0.0714. The van der Waals surface area contributed by atoms with Gasteiger partial charge in [-0.1, -0.05) is 18.2 Å². The maximum atomic E-state index is 13.0. The number of halogens is 2. The molecule has 92 valence electrons. The molecule has 0 aliphatic carbocycles. The van der Waals surface area contributed by atoms with Crippen LogP contribution < -0.4 is 0 Å². The van der Waals surface area contributed by atoms with Gasteiger partial charge in [0.1, 0.15) is 6.29 Å². The van der Waals surface area contributed by atoms with Gasteiger partial charge in [-0.15, -0.1) is 11.8 Å². The standard InChI is InChI=1S/C14H10F2OS/c15-13-6-3-11(7-14(13)16)9-18-12-4-1-10(8-17)2-5-12/h1-8H,9H2. The Morgan fingerprint density at radius 2 is 1.72 bits per heavy atom. The lowest BCUT2D eigenvalue weighted by atomic mass is 10.2. The first-order valence-corrected chi connectivity index (χ1v) is 6.29. The van der Waals surface area contributed by atoms with Gasteiger partial charge in [0.2, 0.25) is 0 Å². The summed E-state index contributed by atoms with van der Waals surface area (Å²) in [6, 6.07) is 11.0. The Kier molecular flexibility index (Phi) is 4.10. The molecule has 0 heterocycles. The van der Waals surface area contributed by atoms with Crippen LogP contribution in [0.5, 0.6) is 0 Å². The lowest BCUT2D eigenvalue weighted by Gasteiger charge is -2.03. The van der Waals surface area contributed by atoms with Crippen molar-refractivity contribution in [1.82, 2.24) is 0 Å². The molecule has 0 saturated heterocycles. The summed E-state index contributed by atoms with van der Waals surface area (Å²) in [5, 5.41) is 0. The highest BCUT2D eigenvalue weighted by Gasteiger charge is 2.03. The molecular weight excluding hydrogens is 254 g/mol. The van der Waals surface area contributed by atoms with Crippen molar-refractivity contribution in [3.8, 4) is 0 Å². The fourth-order valence-corrected chi connectivity index (χ4v) is 2.28. The number of thioether (sulfide) groups is 1. The maximum Gasteiger partial charge on any atom is 0.159 e. The lowest BCUT2D eigenvalue weighted by Crippen LogP contribution is -1.87. The second kappa shape index (κ2) is 5.78. The van der Waals surface area contributed by atoms with Crippen molar-refractivity contribution in [3.05, 3.63) is 65.2 Å². The highest BCUT2D eigenvalue weighted by atomic mass is 32.2. The van der Waals surface area contributed by atoms with Gasteiger partial charge in [-0.05, 0) is 29.8 Å². The van der Waals surface area contributed by atoms with Crippen molar-refractivity contribution in [1.29, 1.82) is 0 Å². The third kappa shape index (κ3) is 3.17. The van der Waals surface area contributed by atoms with Gasteiger partial charge in [-0.25, -0.2) is 8.78 Å². The predicted octanol–water partition coefficient (Wildman–Crippen LogP) is 4.07. The van der Waals surface area contributed by atoms with Crippen molar-refractivity contribution in [2.75, 3.05) is 0 Å². The molecule has 0 amide bonds. The van der Waals surface area contributed by atoms with E-state index >= 15 is 0 Å². The van der Waals surface area contributed by atoms with E-state index in [4.69, 9.17) is 0 Å². The second-order valence-electron chi connectivity index (χ2n) is 3.72. The van der Waals surface area contributed by atoms with E-state index in [1.165, 1.54) is 17.8 Å². The average molecular weight is 264 g/mol. The molecule has 4 heteroatoms. The number of hydrogen-bond donors (Lipinski definition) is 0. The van der Waals surface area contributed by atoms with Crippen LogP contribution in [0.1, 0.15) is 15.9 Å². The quantitative estimate of drug-likeness (QED) is 0.611. The van der Waals surface area contributed by atoms with Crippen LogP contribution in [0.2, 0.25) is 0 Å². The summed E-state index contributed by atoms with van der Waals surface area (Å²) in [5.41, 5.74) is 1.34. The Morgan fingerprint density at radius 3 is 2.33 bits per heavy atom. The number of rotatable bonds is 4. The molecule has 1 nitrogen and oxygen atoms in total. The van der Waals surface area contributed by atoms with Crippen LogP contribution in [-0.4, -0.2) is 6.29 Å². The Hall–Kier alpha value is -1.68. The van der Waals surface area contributed by atoms with Crippen molar-refractivity contribution in [2.24, 2.45) is 0 Å². The first-order chi connectivity index (χ1) is 8.69. The first kappa shape index (κ1) is 12.8. The van der Waals surface area contributed by atoms with Gasteiger partial charge in [0.15, 0.2) is 11.6 Å². The van der Waals surface area contributed by atoms with Gasteiger partial charge < -0.3 is 0 Å². The molecule has 0 N–H and O–H groups in total. The smallest absolute Gasteiger partial charge is 0.159 e. The SMILES string of the molecule is O=Cc1ccc(SCc2ccc(F)c(F)c2)cc1. The molecule has 0 unspecified atom stereocenters. The molecule has 0 aliphatic rings. The van der Waals surface area contributed by atoms with Gasteiger partial charge in [-0.2, -0.15) is 0 Å². The molecular formula is C14H10F2OS. The lowest BCUT2D eigenvalue weighted by molar-refractivity contribution is 0.112. The number of carbonyl (C=O) groups excluding carboxylic acids is 1. The van der Waals surface area contributed by atoms with Crippen LogP contribution in [0.25, 0.3) is 0 Å². The molecule has 2 aromatic rings. The van der Waals surface area contributed by atoms with Crippen molar-refractivity contribution in [3.63, 3.8) is 0 Å². The topological polar surface area (TPSA) is 17.1 Å². The number of benzene rings is 2. The fourth-order valence-electron chi connectivity index (χ4n) is 1.44. The Balaban J connectivity index is 2.01. The van der Waals surface area contributed by atoms with Crippen LogP contribution in [0, 0.1) is 11.6 Å². The third-order valence-corrected chi connectivity index (χ3v) is 3.49. The molecule has 2 rings (SSSR count). The molecule has 0 bridgehead atoms. The summed E-state index contributed by atoms with van der Waals surface area (Å²) in [6.07, 6.45) is 0.782. The highest BCUT2D eigenvalue weighted by molar-refractivity contribution is 7.98. The minimum atomic E-state index is -0.834. The van der Waals surface area contributed by atoms with E-state index in [9.17, 15) is 13.6 Å². The van der Waals surface area contributed by atoms with E-state index in [0.717, 1.165) is 22.8 Å². The molecule has 0 aliphatic heterocycles. The molecule has 0 fully saturated rings. The summed E-state index contributed by atoms with van der Waals surface area (Å²) in [5.74, 6) is -1.11. The van der Waals surface area contributed by atoms with E-state index in [1.807, 2.05) is 12.1 Å². The zero-order valence-electron chi connectivity index (χ0n) is 9.40. The summed E-state index contributed by atoms with van der Waals surface area (Å²) in [6.45, 7) is 0. The Labute approximate surface area is 108 Å². The van der Waals surface area contributed by atoms with E-state index in [2.05, 4.69) is 0 Å². The third-order valence-electron chi connectivity index (χ3n) is 2.41. The van der Waals surface area contributed by atoms with Crippen molar-refractivity contribution >= 4 is 18.0 Å². The zero-order chi connectivity index (χ0) is 13.0. The predicted molar refractivity (Wildman–Crippen MR) is 67.7 cm³/mol. The maximum absolute atomic E-state index is 13.0.